The van der Waals surface area contributed by atoms with Crippen LogP contribution >= 0.6 is 0 Å². The molecule has 1 rings (SSSR count). The van der Waals surface area contributed by atoms with E-state index in [1.54, 1.807) is 0 Å². The lowest BCUT2D eigenvalue weighted by Gasteiger charge is -2.21. The summed E-state index contributed by atoms with van der Waals surface area (Å²) >= 11 is 0. The molecular formula is C7H11FO2. The molecule has 1 aliphatic heterocycles. The number of carbonyl (C=O) groups excluding carboxylic acids is 1. The number of alkyl halides is 1. The van der Waals surface area contributed by atoms with Crippen molar-refractivity contribution >= 4 is 6.29 Å². The lowest BCUT2D eigenvalue weighted by atomic mass is 9.98. The van der Waals surface area contributed by atoms with Gasteiger partial charge in [-0.25, -0.2) is 4.39 Å². The van der Waals surface area contributed by atoms with Gasteiger partial charge in [0.25, 0.3) is 0 Å². The van der Waals surface area contributed by atoms with E-state index in [9.17, 15) is 9.18 Å². The molecule has 0 bridgehead atoms. The second-order valence-electron chi connectivity index (χ2n) is 2.56. The SMILES string of the molecule is O=CC(F)C1CCCOC1. The van der Waals surface area contributed by atoms with Crippen LogP contribution in [-0.4, -0.2) is 25.7 Å². The molecule has 3 heteroatoms. The summed E-state index contributed by atoms with van der Waals surface area (Å²) in [5.41, 5.74) is 0. The highest BCUT2D eigenvalue weighted by Crippen LogP contribution is 2.18. The Kier molecular flexibility index (Phi) is 2.81. The lowest BCUT2D eigenvalue weighted by molar-refractivity contribution is -0.115. The molecule has 0 radical (unpaired) electrons. The van der Waals surface area contributed by atoms with E-state index in [4.69, 9.17) is 4.74 Å². The number of ether oxygens (including phenoxy) is 1. The van der Waals surface area contributed by atoms with Crippen LogP contribution in [0, 0.1) is 5.92 Å². The zero-order valence-corrected chi connectivity index (χ0v) is 5.75. The quantitative estimate of drug-likeness (QED) is 0.542. The summed E-state index contributed by atoms with van der Waals surface area (Å²) in [5.74, 6) is -0.189. The van der Waals surface area contributed by atoms with Gasteiger partial charge in [-0.15, -0.1) is 0 Å². The standard InChI is InChI=1S/C7H11FO2/c8-7(4-9)6-2-1-3-10-5-6/h4,6-7H,1-3,5H2. The molecule has 0 saturated carbocycles. The largest absolute Gasteiger partial charge is 0.381 e. The number of aldehydes is 1. The minimum atomic E-state index is -1.32. The maximum atomic E-state index is 12.6. The van der Waals surface area contributed by atoms with Gasteiger partial charge in [0.05, 0.1) is 6.61 Å². The second-order valence-corrected chi connectivity index (χ2v) is 2.56. The highest BCUT2D eigenvalue weighted by molar-refractivity contribution is 5.56. The van der Waals surface area contributed by atoms with Crippen molar-refractivity contribution in [3.05, 3.63) is 0 Å². The predicted molar refractivity (Wildman–Crippen MR) is 34.5 cm³/mol. The van der Waals surface area contributed by atoms with E-state index < -0.39 is 6.17 Å². The average Bonchev–Trinajstić information content (AvgIpc) is 2.05. The summed E-state index contributed by atoms with van der Waals surface area (Å²) in [6.07, 6.45) is 0.693. The van der Waals surface area contributed by atoms with E-state index in [-0.39, 0.29) is 5.92 Å². The Bertz CT molecular complexity index is 110. The summed E-state index contributed by atoms with van der Waals surface area (Å²) in [7, 11) is 0. The topological polar surface area (TPSA) is 26.3 Å². The van der Waals surface area contributed by atoms with Gasteiger partial charge in [-0.1, -0.05) is 0 Å². The molecular weight excluding hydrogens is 135 g/mol. The maximum absolute atomic E-state index is 12.6. The predicted octanol–water partition coefficient (Wildman–Crippen LogP) is 0.950. The van der Waals surface area contributed by atoms with Gasteiger partial charge in [0.1, 0.15) is 0 Å². The van der Waals surface area contributed by atoms with Gasteiger partial charge in [0.2, 0.25) is 0 Å². The fourth-order valence-electron chi connectivity index (χ4n) is 1.13. The zero-order chi connectivity index (χ0) is 7.40. The number of hydrogen-bond donors (Lipinski definition) is 0. The lowest BCUT2D eigenvalue weighted by Crippen LogP contribution is -2.26. The van der Waals surface area contributed by atoms with Gasteiger partial charge in [0, 0.05) is 12.5 Å². The van der Waals surface area contributed by atoms with Gasteiger partial charge >= 0.3 is 0 Å². The number of carbonyl (C=O) groups is 1. The molecule has 0 amide bonds. The van der Waals surface area contributed by atoms with Crippen LogP contribution < -0.4 is 0 Å². The molecule has 2 unspecified atom stereocenters. The first-order valence-electron chi connectivity index (χ1n) is 3.51. The van der Waals surface area contributed by atoms with Crippen molar-refractivity contribution in [2.45, 2.75) is 19.0 Å². The van der Waals surface area contributed by atoms with E-state index in [1.807, 2.05) is 0 Å². The van der Waals surface area contributed by atoms with Crippen molar-refractivity contribution in [1.82, 2.24) is 0 Å². The Labute approximate surface area is 59.4 Å². The summed E-state index contributed by atoms with van der Waals surface area (Å²) in [6.45, 7) is 1.11. The first-order chi connectivity index (χ1) is 4.84. The van der Waals surface area contributed by atoms with Crippen molar-refractivity contribution in [1.29, 1.82) is 0 Å². The Hall–Kier alpha value is -0.440. The van der Waals surface area contributed by atoms with Crippen molar-refractivity contribution in [3.63, 3.8) is 0 Å². The minimum absolute atomic E-state index is 0.189. The average molecular weight is 146 g/mol. The van der Waals surface area contributed by atoms with E-state index in [1.165, 1.54) is 0 Å². The van der Waals surface area contributed by atoms with Gasteiger partial charge < -0.3 is 9.53 Å². The maximum Gasteiger partial charge on any atom is 0.160 e. The van der Waals surface area contributed by atoms with Crippen molar-refractivity contribution < 1.29 is 13.9 Å². The molecule has 0 aromatic heterocycles. The number of rotatable bonds is 2. The van der Waals surface area contributed by atoms with Crippen LogP contribution in [-0.2, 0) is 9.53 Å². The minimum Gasteiger partial charge on any atom is -0.381 e. The molecule has 0 N–H and O–H groups in total. The second kappa shape index (κ2) is 3.66. The van der Waals surface area contributed by atoms with Crippen molar-refractivity contribution in [2.24, 2.45) is 5.92 Å². The van der Waals surface area contributed by atoms with Crippen LogP contribution in [0.15, 0.2) is 0 Å². The fraction of sp³-hybridized carbons (Fsp3) is 0.857. The Morgan fingerprint density at radius 2 is 2.50 bits per heavy atom. The summed E-state index contributed by atoms with van der Waals surface area (Å²) in [4.78, 5) is 9.97. The van der Waals surface area contributed by atoms with Crippen LogP contribution in [0.25, 0.3) is 0 Å². The summed E-state index contributed by atoms with van der Waals surface area (Å²) in [5, 5.41) is 0. The molecule has 2 nitrogen and oxygen atoms in total. The summed E-state index contributed by atoms with van der Waals surface area (Å²) < 4.78 is 17.6. The van der Waals surface area contributed by atoms with E-state index in [0.29, 0.717) is 19.5 Å². The summed E-state index contributed by atoms with van der Waals surface area (Å²) in [6, 6.07) is 0. The molecule has 1 fully saturated rings. The van der Waals surface area contributed by atoms with E-state index in [0.717, 1.165) is 12.8 Å². The molecule has 0 aromatic carbocycles. The van der Waals surface area contributed by atoms with Gasteiger partial charge in [-0.2, -0.15) is 0 Å². The van der Waals surface area contributed by atoms with Crippen molar-refractivity contribution in [2.75, 3.05) is 13.2 Å². The zero-order valence-electron chi connectivity index (χ0n) is 5.75. The third-order valence-corrected chi connectivity index (χ3v) is 1.78. The fourth-order valence-corrected chi connectivity index (χ4v) is 1.13. The molecule has 0 aliphatic carbocycles. The highest BCUT2D eigenvalue weighted by Gasteiger charge is 2.22. The monoisotopic (exact) mass is 146 g/mol. The van der Waals surface area contributed by atoms with Gasteiger partial charge in [-0.05, 0) is 12.8 Å². The van der Waals surface area contributed by atoms with Crippen LogP contribution in [0.3, 0.4) is 0 Å². The molecule has 2 atom stereocenters. The number of halogens is 1. The van der Waals surface area contributed by atoms with Crippen LogP contribution in [0.5, 0.6) is 0 Å². The van der Waals surface area contributed by atoms with Crippen molar-refractivity contribution in [3.8, 4) is 0 Å². The highest BCUT2D eigenvalue weighted by atomic mass is 19.1. The number of hydrogen-bond acceptors (Lipinski definition) is 2. The Morgan fingerprint density at radius 3 is 3.00 bits per heavy atom. The normalized spacial score (nSPS) is 29.5. The first-order valence-corrected chi connectivity index (χ1v) is 3.51. The molecule has 1 saturated heterocycles. The molecule has 10 heavy (non-hydrogen) atoms. The molecule has 1 heterocycles. The third-order valence-electron chi connectivity index (χ3n) is 1.78. The van der Waals surface area contributed by atoms with Crippen LogP contribution in [0.1, 0.15) is 12.8 Å². The first kappa shape index (κ1) is 7.66. The van der Waals surface area contributed by atoms with Gasteiger partial charge in [0.15, 0.2) is 12.5 Å². The van der Waals surface area contributed by atoms with Crippen LogP contribution in [0.2, 0.25) is 0 Å². The molecule has 1 aliphatic rings. The third kappa shape index (κ3) is 1.77. The smallest absolute Gasteiger partial charge is 0.160 e. The van der Waals surface area contributed by atoms with Crippen LogP contribution in [0.4, 0.5) is 4.39 Å². The molecule has 0 spiro atoms. The molecule has 0 aromatic rings. The molecule has 58 valence electrons. The Morgan fingerprint density at radius 1 is 1.70 bits per heavy atom. The van der Waals surface area contributed by atoms with E-state index >= 15 is 0 Å². The van der Waals surface area contributed by atoms with Gasteiger partial charge in [-0.3, -0.25) is 0 Å². The van der Waals surface area contributed by atoms with E-state index in [2.05, 4.69) is 0 Å². The Balaban J connectivity index is 2.30.